The normalized spacial score (nSPS) is 11.5. The molecule has 5 rings (SSSR count). The molecule has 1 unspecified atom stereocenters. The zero-order chi connectivity index (χ0) is 35.5. The van der Waals surface area contributed by atoms with E-state index < -0.39 is 22.0 Å². The van der Waals surface area contributed by atoms with E-state index in [0.717, 1.165) is 5.56 Å². The summed E-state index contributed by atoms with van der Waals surface area (Å²) in [5.74, 6) is -0.424. The zero-order valence-electron chi connectivity index (χ0n) is 27.0. The second kappa shape index (κ2) is 16.6. The standard InChI is InChI=1S/C38H32N4O7S/c1-48-30-20-21-34(49-2)32(24-30)40-38(45)35(26-10-5-3-6-11-26)50-31-15-9-14-28(23-31)39-37(44)33(41-36(43)27-12-7-4-8-13-27)22-25-16-18-29(19-17-25)42(46)47/h3-24,35H,1-2H3,(H,39,44)(H,40,45)(H,41,43)/b33-22+. The summed E-state index contributed by atoms with van der Waals surface area (Å²) in [5, 5.41) is 18.9. The number of nitrogens with one attached hydrogen (secondary N) is 3. The summed E-state index contributed by atoms with van der Waals surface area (Å²) >= 11 is 1.28. The third-order valence-corrected chi connectivity index (χ3v) is 8.54. The van der Waals surface area contributed by atoms with Crippen LogP contribution in [0.15, 0.2) is 138 Å². The number of carbonyl (C=O) groups is 3. The maximum Gasteiger partial charge on any atom is 0.272 e. The fourth-order valence-electron chi connectivity index (χ4n) is 4.79. The Labute approximate surface area is 292 Å². The van der Waals surface area contributed by atoms with Crippen molar-refractivity contribution < 1.29 is 28.8 Å². The van der Waals surface area contributed by atoms with Gasteiger partial charge in [0.2, 0.25) is 5.91 Å². The van der Waals surface area contributed by atoms with Crippen LogP contribution in [0.1, 0.15) is 26.7 Å². The van der Waals surface area contributed by atoms with Gasteiger partial charge in [-0.25, -0.2) is 0 Å². The molecule has 1 atom stereocenters. The summed E-state index contributed by atoms with van der Waals surface area (Å²) in [6.45, 7) is 0. The monoisotopic (exact) mass is 688 g/mol. The van der Waals surface area contributed by atoms with Gasteiger partial charge in [-0.1, -0.05) is 54.6 Å². The van der Waals surface area contributed by atoms with Crippen molar-refractivity contribution in [2.24, 2.45) is 0 Å². The highest BCUT2D eigenvalue weighted by Crippen LogP contribution is 2.38. The maximum atomic E-state index is 13.8. The lowest BCUT2D eigenvalue weighted by Crippen LogP contribution is -2.30. The topological polar surface area (TPSA) is 149 Å². The van der Waals surface area contributed by atoms with E-state index >= 15 is 0 Å². The fraction of sp³-hybridized carbons (Fsp3) is 0.0789. The third-order valence-electron chi connectivity index (χ3n) is 7.29. The van der Waals surface area contributed by atoms with Crippen LogP contribution in [-0.4, -0.2) is 36.9 Å². The number of anilines is 2. The number of nitro groups is 1. The van der Waals surface area contributed by atoms with E-state index in [2.05, 4.69) is 16.0 Å². The smallest absolute Gasteiger partial charge is 0.272 e. The number of hydrogen-bond acceptors (Lipinski definition) is 8. The molecule has 0 saturated carbocycles. The molecule has 0 heterocycles. The molecule has 0 aliphatic rings. The largest absolute Gasteiger partial charge is 0.497 e. The van der Waals surface area contributed by atoms with Gasteiger partial charge in [0.05, 0.1) is 24.8 Å². The van der Waals surface area contributed by atoms with Crippen LogP contribution in [0, 0.1) is 10.1 Å². The lowest BCUT2D eigenvalue weighted by molar-refractivity contribution is -0.384. The molecule has 0 aromatic heterocycles. The number of methoxy groups -OCH3 is 2. The van der Waals surface area contributed by atoms with Crippen LogP contribution in [0.2, 0.25) is 0 Å². The summed E-state index contributed by atoms with van der Waals surface area (Å²) in [7, 11) is 3.05. The van der Waals surface area contributed by atoms with Gasteiger partial charge in [-0.2, -0.15) is 0 Å². The molecule has 5 aromatic rings. The number of rotatable bonds is 13. The first kappa shape index (κ1) is 34.9. The lowest BCUT2D eigenvalue weighted by Gasteiger charge is -2.19. The maximum absolute atomic E-state index is 13.8. The molecule has 0 saturated heterocycles. The SMILES string of the molecule is COc1ccc(OC)c(NC(=O)C(Sc2cccc(NC(=O)/C(=C\c3ccc([N+](=O)[O-])cc3)NC(=O)c3ccccc3)c2)c2ccccc2)c1. The zero-order valence-corrected chi connectivity index (χ0v) is 27.8. The minimum Gasteiger partial charge on any atom is -0.497 e. The minimum atomic E-state index is -0.694. The van der Waals surface area contributed by atoms with Crippen LogP contribution in [0.5, 0.6) is 11.5 Å². The van der Waals surface area contributed by atoms with E-state index in [4.69, 9.17) is 9.47 Å². The van der Waals surface area contributed by atoms with Gasteiger partial charge in [0.25, 0.3) is 17.5 Å². The predicted molar refractivity (Wildman–Crippen MR) is 193 cm³/mol. The molecule has 252 valence electrons. The number of amides is 3. The van der Waals surface area contributed by atoms with Gasteiger partial charge in [0, 0.05) is 34.3 Å². The van der Waals surface area contributed by atoms with Crippen molar-refractivity contribution >= 4 is 52.6 Å². The second-order valence-electron chi connectivity index (χ2n) is 10.7. The van der Waals surface area contributed by atoms with Crippen molar-refractivity contribution in [3.8, 4) is 11.5 Å². The number of non-ortho nitro benzene ring substituents is 1. The van der Waals surface area contributed by atoms with E-state index in [1.807, 2.05) is 36.4 Å². The molecule has 50 heavy (non-hydrogen) atoms. The predicted octanol–water partition coefficient (Wildman–Crippen LogP) is 7.49. The van der Waals surface area contributed by atoms with Gasteiger partial charge < -0.3 is 25.4 Å². The Bertz CT molecular complexity index is 2020. The Hall–Kier alpha value is -6.40. The van der Waals surface area contributed by atoms with Gasteiger partial charge in [0.15, 0.2) is 0 Å². The molecule has 3 amide bonds. The Morgan fingerprint density at radius 3 is 2.14 bits per heavy atom. The van der Waals surface area contributed by atoms with Crippen LogP contribution in [-0.2, 0) is 9.59 Å². The van der Waals surface area contributed by atoms with Gasteiger partial charge in [-0.05, 0) is 71.8 Å². The van der Waals surface area contributed by atoms with E-state index in [1.54, 1.807) is 66.7 Å². The van der Waals surface area contributed by atoms with Gasteiger partial charge >= 0.3 is 0 Å². The summed E-state index contributed by atoms with van der Waals surface area (Å²) < 4.78 is 10.8. The molecular formula is C38H32N4O7S. The molecule has 0 spiro atoms. The van der Waals surface area contributed by atoms with E-state index in [0.29, 0.717) is 38.9 Å². The molecular weight excluding hydrogens is 657 g/mol. The molecule has 0 fully saturated rings. The van der Waals surface area contributed by atoms with Crippen molar-refractivity contribution in [3.63, 3.8) is 0 Å². The highest BCUT2D eigenvalue weighted by molar-refractivity contribution is 8.00. The van der Waals surface area contributed by atoms with Crippen LogP contribution in [0.4, 0.5) is 17.1 Å². The lowest BCUT2D eigenvalue weighted by atomic mass is 10.1. The van der Waals surface area contributed by atoms with Crippen LogP contribution in [0.25, 0.3) is 6.08 Å². The quantitative estimate of drug-likeness (QED) is 0.0499. The summed E-state index contributed by atoms with van der Waals surface area (Å²) in [6, 6.07) is 35.3. The second-order valence-corrected chi connectivity index (χ2v) is 11.9. The van der Waals surface area contributed by atoms with Crippen molar-refractivity contribution in [2.45, 2.75) is 10.1 Å². The number of hydrogen-bond donors (Lipinski definition) is 3. The van der Waals surface area contributed by atoms with Crippen molar-refractivity contribution in [1.82, 2.24) is 5.32 Å². The van der Waals surface area contributed by atoms with Gasteiger partial charge in [-0.15, -0.1) is 11.8 Å². The number of nitrogens with zero attached hydrogens (tertiary/aromatic N) is 1. The molecule has 3 N–H and O–H groups in total. The van der Waals surface area contributed by atoms with Crippen LogP contribution < -0.4 is 25.4 Å². The summed E-state index contributed by atoms with van der Waals surface area (Å²) in [4.78, 5) is 51.8. The van der Waals surface area contributed by atoms with Crippen LogP contribution >= 0.6 is 11.8 Å². The molecule has 0 bridgehead atoms. The number of ether oxygens (including phenoxy) is 2. The first-order valence-electron chi connectivity index (χ1n) is 15.2. The van der Waals surface area contributed by atoms with Crippen molar-refractivity contribution in [1.29, 1.82) is 0 Å². The number of nitro benzene ring substituents is 1. The Morgan fingerprint density at radius 2 is 1.48 bits per heavy atom. The third kappa shape index (κ3) is 9.14. The number of carbonyl (C=O) groups excluding carboxylic acids is 3. The molecule has 5 aromatic carbocycles. The van der Waals surface area contributed by atoms with Gasteiger partial charge in [-0.3, -0.25) is 24.5 Å². The average Bonchev–Trinajstić information content (AvgIpc) is 3.14. The average molecular weight is 689 g/mol. The fourth-order valence-corrected chi connectivity index (χ4v) is 5.88. The summed E-state index contributed by atoms with van der Waals surface area (Å²) in [6.07, 6.45) is 1.43. The highest BCUT2D eigenvalue weighted by Gasteiger charge is 2.24. The van der Waals surface area contributed by atoms with E-state index in [1.165, 1.54) is 56.3 Å². The van der Waals surface area contributed by atoms with Crippen molar-refractivity contribution in [3.05, 3.63) is 160 Å². The number of benzene rings is 5. The van der Waals surface area contributed by atoms with Gasteiger partial charge in [0.1, 0.15) is 22.4 Å². The Balaban J connectivity index is 1.39. The van der Waals surface area contributed by atoms with Crippen LogP contribution in [0.3, 0.4) is 0 Å². The van der Waals surface area contributed by atoms with E-state index in [-0.39, 0.29) is 17.3 Å². The molecule has 0 aliphatic heterocycles. The number of thioether (sulfide) groups is 1. The molecule has 0 radical (unpaired) electrons. The summed E-state index contributed by atoms with van der Waals surface area (Å²) in [5.41, 5.74) is 2.21. The van der Waals surface area contributed by atoms with Crippen molar-refractivity contribution in [2.75, 3.05) is 24.9 Å². The molecule has 11 nitrogen and oxygen atoms in total. The first-order valence-corrected chi connectivity index (χ1v) is 16.1. The first-order chi connectivity index (χ1) is 24.2. The molecule has 0 aliphatic carbocycles. The molecule has 12 heteroatoms. The minimum absolute atomic E-state index is 0.0838. The Morgan fingerprint density at radius 1 is 0.780 bits per heavy atom. The highest BCUT2D eigenvalue weighted by atomic mass is 32.2. The Kier molecular flexibility index (Phi) is 11.6. The van der Waals surface area contributed by atoms with E-state index in [9.17, 15) is 24.5 Å².